The number of hydrogen-bond acceptors (Lipinski definition) is 0. The number of rotatable bonds is 4. The van der Waals surface area contributed by atoms with Crippen molar-refractivity contribution in [3.8, 4) is 0 Å². The van der Waals surface area contributed by atoms with Gasteiger partial charge in [-0.25, -0.2) is 0 Å². The molecule has 0 spiro atoms. The van der Waals surface area contributed by atoms with E-state index in [1.54, 1.807) is 0 Å². The van der Waals surface area contributed by atoms with Crippen LogP contribution in [0.2, 0.25) is 0 Å². The lowest BCUT2D eigenvalue weighted by molar-refractivity contribution is 0.254. The summed E-state index contributed by atoms with van der Waals surface area (Å²) in [6.07, 6.45) is 6.70. The van der Waals surface area contributed by atoms with Crippen molar-refractivity contribution in [3.05, 3.63) is 0 Å². The zero-order chi connectivity index (χ0) is 20.2. The third kappa shape index (κ3) is 29.9. The van der Waals surface area contributed by atoms with Crippen LogP contribution in [0, 0.1) is 28.1 Å². The molecule has 0 radical (unpaired) electrons. The maximum absolute atomic E-state index is 2.31. The lowest BCUT2D eigenvalue weighted by Gasteiger charge is -2.25. The van der Waals surface area contributed by atoms with E-state index in [0.29, 0.717) is 16.2 Å². The van der Waals surface area contributed by atoms with Crippen molar-refractivity contribution in [1.29, 1.82) is 0 Å². The minimum atomic E-state index is 0.509. The smallest absolute Gasteiger partial charge is 0.0357 e. The normalized spacial score (nSPS) is 13.6. The Hall–Kier alpha value is 0. The van der Waals surface area contributed by atoms with Gasteiger partial charge in [0.2, 0.25) is 0 Å². The molecule has 1 unspecified atom stereocenters. The minimum Gasteiger partial charge on any atom is -0.0654 e. The van der Waals surface area contributed by atoms with Crippen molar-refractivity contribution in [2.45, 2.75) is 129 Å². The van der Waals surface area contributed by atoms with Crippen LogP contribution in [0.4, 0.5) is 0 Å². The molecule has 0 aromatic heterocycles. The predicted molar refractivity (Wildman–Crippen MR) is 117 cm³/mol. The average Bonchev–Trinajstić information content (AvgIpc) is 2.31. The van der Waals surface area contributed by atoms with Crippen LogP contribution in [0.1, 0.15) is 129 Å². The van der Waals surface area contributed by atoms with Crippen LogP contribution in [-0.4, -0.2) is 0 Å². The number of hydrogen-bond donors (Lipinski definition) is 0. The monoisotopic (exact) mass is 342 g/mol. The van der Waals surface area contributed by atoms with Crippen molar-refractivity contribution in [1.82, 2.24) is 0 Å². The van der Waals surface area contributed by atoms with Crippen molar-refractivity contribution >= 4 is 0 Å². The van der Waals surface area contributed by atoms with Crippen LogP contribution in [0.5, 0.6) is 0 Å². The van der Waals surface area contributed by atoms with Crippen molar-refractivity contribution in [2.75, 3.05) is 0 Å². The van der Waals surface area contributed by atoms with E-state index in [-0.39, 0.29) is 0 Å². The van der Waals surface area contributed by atoms with Crippen LogP contribution < -0.4 is 0 Å². The molecule has 0 saturated heterocycles. The van der Waals surface area contributed by atoms with E-state index >= 15 is 0 Å². The van der Waals surface area contributed by atoms with Crippen molar-refractivity contribution in [3.63, 3.8) is 0 Å². The van der Waals surface area contributed by atoms with E-state index in [9.17, 15) is 0 Å². The van der Waals surface area contributed by atoms with Gasteiger partial charge in [0, 0.05) is 0 Å². The Morgan fingerprint density at radius 2 is 1.08 bits per heavy atom. The molecular weight excluding hydrogens is 288 g/mol. The third-order valence-corrected chi connectivity index (χ3v) is 4.39. The molecule has 0 heterocycles. The van der Waals surface area contributed by atoms with Crippen LogP contribution >= 0.6 is 0 Å². The molecule has 0 aromatic carbocycles. The fraction of sp³-hybridized carbons (Fsp3) is 1.00. The Labute approximate surface area is 157 Å². The molecule has 0 fully saturated rings. The lowest BCUT2D eigenvalue weighted by atomic mass is 9.81. The highest BCUT2D eigenvalue weighted by molar-refractivity contribution is 4.67. The largest absolute Gasteiger partial charge is 0.0654 e. The van der Waals surface area contributed by atoms with E-state index < -0.39 is 0 Å². The zero-order valence-corrected chi connectivity index (χ0v) is 20.2. The standard InChI is InChI=1S/3C8H18/c1-7(2)6-8(3,4)5;1-6-7(2)8(3,4)5;1-5-6-7-8(2,3)4/h2*7H,6H2,1-5H3;5-7H2,1-4H3. The molecule has 0 N–H and O–H groups in total. The SMILES string of the molecule is CC(C)CC(C)(C)C.CCC(C)C(C)(C)C.CCCCC(C)(C)C. The van der Waals surface area contributed by atoms with Crippen LogP contribution in [0.3, 0.4) is 0 Å². The van der Waals surface area contributed by atoms with Gasteiger partial charge in [-0.1, -0.05) is 116 Å². The number of unbranched alkanes of at least 4 members (excludes halogenated alkanes) is 1. The van der Waals surface area contributed by atoms with Crippen molar-refractivity contribution in [2.24, 2.45) is 28.1 Å². The molecule has 0 heteroatoms. The van der Waals surface area contributed by atoms with Gasteiger partial charge in [0.1, 0.15) is 0 Å². The summed E-state index contributed by atoms with van der Waals surface area (Å²) >= 11 is 0. The second-order valence-electron chi connectivity index (χ2n) is 11.5. The quantitative estimate of drug-likeness (QED) is 0.477. The Balaban J connectivity index is -0.000000276. The first-order valence-electron chi connectivity index (χ1n) is 10.5. The Kier molecular flexibility index (Phi) is 15.9. The Morgan fingerprint density at radius 3 is 1.12 bits per heavy atom. The van der Waals surface area contributed by atoms with Gasteiger partial charge in [-0.05, 0) is 40.9 Å². The van der Waals surface area contributed by atoms with E-state index in [4.69, 9.17) is 0 Å². The molecule has 0 aliphatic rings. The fourth-order valence-corrected chi connectivity index (χ4v) is 2.54. The summed E-state index contributed by atoms with van der Waals surface area (Å²) < 4.78 is 0. The highest BCUT2D eigenvalue weighted by Gasteiger charge is 2.17. The molecule has 0 nitrogen and oxygen atoms in total. The molecule has 0 aromatic rings. The molecule has 0 saturated carbocycles. The van der Waals surface area contributed by atoms with E-state index in [0.717, 1.165) is 11.8 Å². The first-order valence-corrected chi connectivity index (χ1v) is 10.5. The molecule has 24 heavy (non-hydrogen) atoms. The Bertz CT molecular complexity index is 251. The first-order chi connectivity index (χ1) is 10.5. The predicted octanol–water partition coefficient (Wildman–Crippen LogP) is 9.38. The van der Waals surface area contributed by atoms with E-state index in [1.165, 1.54) is 32.1 Å². The van der Waals surface area contributed by atoms with Gasteiger partial charge in [0.15, 0.2) is 0 Å². The van der Waals surface area contributed by atoms with Gasteiger partial charge in [0.25, 0.3) is 0 Å². The fourth-order valence-electron chi connectivity index (χ4n) is 2.54. The summed E-state index contributed by atoms with van der Waals surface area (Å²) in [5, 5.41) is 0. The molecule has 150 valence electrons. The topological polar surface area (TPSA) is 0 Å². The Morgan fingerprint density at radius 1 is 0.667 bits per heavy atom. The van der Waals surface area contributed by atoms with E-state index in [2.05, 4.69) is 96.9 Å². The summed E-state index contributed by atoms with van der Waals surface area (Å²) in [4.78, 5) is 0. The zero-order valence-electron chi connectivity index (χ0n) is 20.2. The average molecular weight is 343 g/mol. The summed E-state index contributed by atoms with van der Waals surface area (Å²) in [6, 6.07) is 0. The van der Waals surface area contributed by atoms with E-state index in [1.807, 2.05) is 0 Å². The molecule has 0 bridgehead atoms. The van der Waals surface area contributed by atoms with Gasteiger partial charge >= 0.3 is 0 Å². The molecule has 0 rings (SSSR count). The van der Waals surface area contributed by atoms with Gasteiger partial charge in [0.05, 0.1) is 0 Å². The summed E-state index contributed by atoms with van der Waals surface area (Å²) in [6.45, 7) is 31.9. The molecular formula is C24H54. The van der Waals surface area contributed by atoms with Crippen LogP contribution in [-0.2, 0) is 0 Å². The first kappa shape index (κ1) is 28.8. The maximum Gasteiger partial charge on any atom is -0.0357 e. The second-order valence-corrected chi connectivity index (χ2v) is 11.5. The highest BCUT2D eigenvalue weighted by Crippen LogP contribution is 2.27. The van der Waals surface area contributed by atoms with Gasteiger partial charge in [-0.2, -0.15) is 0 Å². The maximum atomic E-state index is 2.31. The summed E-state index contributed by atoms with van der Waals surface area (Å²) in [7, 11) is 0. The third-order valence-electron chi connectivity index (χ3n) is 4.39. The second kappa shape index (κ2) is 13.2. The van der Waals surface area contributed by atoms with Gasteiger partial charge in [-0.15, -0.1) is 0 Å². The minimum absolute atomic E-state index is 0.509. The van der Waals surface area contributed by atoms with Gasteiger partial charge < -0.3 is 0 Å². The van der Waals surface area contributed by atoms with Crippen LogP contribution in [0.25, 0.3) is 0 Å². The van der Waals surface area contributed by atoms with Crippen molar-refractivity contribution < 1.29 is 0 Å². The molecule has 0 aliphatic heterocycles. The lowest BCUT2D eigenvalue weighted by Crippen LogP contribution is -2.15. The van der Waals surface area contributed by atoms with Gasteiger partial charge in [-0.3, -0.25) is 0 Å². The molecule has 0 aliphatic carbocycles. The molecule has 0 amide bonds. The summed E-state index contributed by atoms with van der Waals surface area (Å²) in [5.74, 6) is 1.69. The summed E-state index contributed by atoms with van der Waals surface area (Å²) in [5.41, 5.74) is 1.58. The highest BCUT2D eigenvalue weighted by atomic mass is 14.2. The molecule has 1 atom stereocenters. The van der Waals surface area contributed by atoms with Crippen LogP contribution in [0.15, 0.2) is 0 Å².